The molecule has 14 heavy (non-hydrogen) atoms. The quantitative estimate of drug-likeness (QED) is 0.821. The van der Waals surface area contributed by atoms with Gasteiger partial charge in [0, 0.05) is 4.47 Å². The first-order valence-corrected chi connectivity index (χ1v) is 5.21. The summed E-state index contributed by atoms with van der Waals surface area (Å²) in [6, 6.07) is 5.93. The number of nitrogens with one attached hydrogen (secondary N) is 1. The first-order chi connectivity index (χ1) is 6.47. The Labute approximate surface area is 90.8 Å². The van der Waals surface area contributed by atoms with Gasteiger partial charge in [-0.3, -0.25) is 0 Å². The molecule has 1 aromatic carbocycles. The van der Waals surface area contributed by atoms with Crippen molar-refractivity contribution in [2.75, 3.05) is 0 Å². The van der Waals surface area contributed by atoms with Crippen LogP contribution in [0.5, 0.6) is 0 Å². The van der Waals surface area contributed by atoms with E-state index in [9.17, 15) is 0 Å². The van der Waals surface area contributed by atoms with Gasteiger partial charge in [-0.15, -0.1) is 0 Å². The number of fused-ring (bicyclic) bond motifs is 1. The lowest BCUT2D eigenvalue weighted by molar-refractivity contribution is 0.522. The van der Waals surface area contributed by atoms with Gasteiger partial charge in [0.15, 0.2) is 0 Å². The lowest BCUT2D eigenvalue weighted by atomic mass is 10.1. The van der Waals surface area contributed by atoms with Gasteiger partial charge in [0.25, 0.3) is 0 Å². The Morgan fingerprint density at radius 1 is 1.43 bits per heavy atom. The van der Waals surface area contributed by atoms with Crippen molar-refractivity contribution in [1.29, 1.82) is 0 Å². The van der Waals surface area contributed by atoms with Crippen LogP contribution in [0, 0.1) is 0 Å². The number of aromatic amines is 1. The molecule has 0 saturated carbocycles. The molecule has 3 nitrogen and oxygen atoms in total. The minimum atomic E-state index is -0.425. The number of imidazole rings is 1. The Balaban J connectivity index is 2.63. The second kappa shape index (κ2) is 3.07. The predicted octanol–water partition coefficient (Wildman–Crippen LogP) is 2.52. The second-order valence-electron chi connectivity index (χ2n) is 3.97. The molecule has 2 aromatic rings. The minimum absolute atomic E-state index is 0.425. The van der Waals surface area contributed by atoms with Crippen LogP contribution in [0.1, 0.15) is 19.7 Å². The van der Waals surface area contributed by atoms with Crippen LogP contribution in [0.15, 0.2) is 22.7 Å². The zero-order valence-electron chi connectivity index (χ0n) is 8.13. The van der Waals surface area contributed by atoms with E-state index in [4.69, 9.17) is 5.73 Å². The smallest absolute Gasteiger partial charge is 0.126 e. The van der Waals surface area contributed by atoms with Crippen LogP contribution >= 0.6 is 15.9 Å². The van der Waals surface area contributed by atoms with Gasteiger partial charge < -0.3 is 10.7 Å². The van der Waals surface area contributed by atoms with Gasteiger partial charge in [0.05, 0.1) is 16.6 Å². The molecule has 0 aliphatic carbocycles. The molecular weight excluding hydrogens is 242 g/mol. The summed E-state index contributed by atoms with van der Waals surface area (Å²) in [5.41, 5.74) is 7.48. The topological polar surface area (TPSA) is 54.7 Å². The predicted molar refractivity (Wildman–Crippen MR) is 61.0 cm³/mol. The number of nitrogens with two attached hydrogens (primary N) is 1. The van der Waals surface area contributed by atoms with E-state index in [0.717, 1.165) is 21.3 Å². The molecule has 0 unspecified atom stereocenters. The Kier molecular flexibility index (Phi) is 2.12. The highest BCUT2D eigenvalue weighted by molar-refractivity contribution is 9.10. The summed E-state index contributed by atoms with van der Waals surface area (Å²) in [6.45, 7) is 3.86. The van der Waals surface area contributed by atoms with E-state index in [1.165, 1.54) is 0 Å². The van der Waals surface area contributed by atoms with E-state index in [-0.39, 0.29) is 0 Å². The fourth-order valence-electron chi connectivity index (χ4n) is 1.29. The lowest BCUT2D eigenvalue weighted by Crippen LogP contribution is -2.30. The highest BCUT2D eigenvalue weighted by Crippen LogP contribution is 2.21. The van der Waals surface area contributed by atoms with Gasteiger partial charge in [-0.1, -0.05) is 15.9 Å². The third kappa shape index (κ3) is 1.67. The van der Waals surface area contributed by atoms with Crippen molar-refractivity contribution < 1.29 is 0 Å². The fourth-order valence-corrected chi connectivity index (χ4v) is 1.65. The highest BCUT2D eigenvalue weighted by Gasteiger charge is 2.18. The van der Waals surface area contributed by atoms with Crippen LogP contribution < -0.4 is 5.73 Å². The molecule has 0 aliphatic rings. The normalized spacial score (nSPS) is 12.3. The molecule has 0 radical (unpaired) electrons. The molecule has 0 fully saturated rings. The third-order valence-electron chi connectivity index (χ3n) is 2.05. The maximum Gasteiger partial charge on any atom is 0.126 e. The Hall–Kier alpha value is -0.870. The number of hydrogen-bond acceptors (Lipinski definition) is 2. The van der Waals surface area contributed by atoms with Crippen molar-refractivity contribution in [2.45, 2.75) is 19.4 Å². The monoisotopic (exact) mass is 253 g/mol. The average molecular weight is 254 g/mol. The number of H-pyrrole nitrogens is 1. The van der Waals surface area contributed by atoms with Crippen molar-refractivity contribution in [3.05, 3.63) is 28.5 Å². The number of hydrogen-bond donors (Lipinski definition) is 2. The Morgan fingerprint density at radius 2 is 2.14 bits per heavy atom. The molecule has 74 valence electrons. The van der Waals surface area contributed by atoms with Crippen molar-refractivity contribution in [1.82, 2.24) is 9.97 Å². The lowest BCUT2D eigenvalue weighted by Gasteiger charge is -2.13. The summed E-state index contributed by atoms with van der Waals surface area (Å²) >= 11 is 3.41. The van der Waals surface area contributed by atoms with E-state index in [1.54, 1.807) is 0 Å². The van der Waals surface area contributed by atoms with Gasteiger partial charge in [-0.25, -0.2) is 4.98 Å². The maximum absolute atomic E-state index is 5.95. The molecule has 0 amide bonds. The summed E-state index contributed by atoms with van der Waals surface area (Å²) in [6.07, 6.45) is 0. The standard InChI is InChI=1S/C10H12BrN3/c1-10(2,12)9-13-7-4-3-6(11)5-8(7)14-9/h3-5H,12H2,1-2H3,(H,13,14). The second-order valence-corrected chi connectivity index (χ2v) is 4.88. The van der Waals surface area contributed by atoms with E-state index in [1.807, 2.05) is 32.0 Å². The molecule has 2 rings (SSSR count). The van der Waals surface area contributed by atoms with Crippen molar-refractivity contribution >= 4 is 27.0 Å². The zero-order valence-corrected chi connectivity index (χ0v) is 9.72. The Bertz CT molecular complexity index is 468. The van der Waals surface area contributed by atoms with Gasteiger partial charge in [0.1, 0.15) is 5.82 Å². The molecular formula is C10H12BrN3. The SMILES string of the molecule is CC(C)(N)c1nc2ccc(Br)cc2[nH]1. The van der Waals surface area contributed by atoms with Gasteiger partial charge in [-0.05, 0) is 32.0 Å². The molecule has 0 spiro atoms. The van der Waals surface area contributed by atoms with Crippen LogP contribution in [-0.4, -0.2) is 9.97 Å². The average Bonchev–Trinajstić information content (AvgIpc) is 2.45. The van der Waals surface area contributed by atoms with Crippen LogP contribution in [0.25, 0.3) is 11.0 Å². The largest absolute Gasteiger partial charge is 0.340 e. The Morgan fingerprint density at radius 3 is 2.79 bits per heavy atom. The molecule has 4 heteroatoms. The molecule has 0 bridgehead atoms. The van der Waals surface area contributed by atoms with Gasteiger partial charge in [0.2, 0.25) is 0 Å². The molecule has 1 aromatic heterocycles. The molecule has 0 atom stereocenters. The maximum atomic E-state index is 5.95. The number of halogens is 1. The zero-order chi connectivity index (χ0) is 10.3. The number of benzene rings is 1. The molecule has 0 aliphatic heterocycles. The van der Waals surface area contributed by atoms with Crippen LogP contribution in [-0.2, 0) is 5.54 Å². The van der Waals surface area contributed by atoms with Gasteiger partial charge in [-0.2, -0.15) is 0 Å². The summed E-state index contributed by atoms with van der Waals surface area (Å²) in [7, 11) is 0. The van der Waals surface area contributed by atoms with Crippen molar-refractivity contribution in [3.8, 4) is 0 Å². The van der Waals surface area contributed by atoms with Gasteiger partial charge >= 0.3 is 0 Å². The summed E-state index contributed by atoms with van der Waals surface area (Å²) in [5, 5.41) is 0. The van der Waals surface area contributed by atoms with Crippen molar-refractivity contribution in [3.63, 3.8) is 0 Å². The van der Waals surface area contributed by atoms with E-state index >= 15 is 0 Å². The van der Waals surface area contributed by atoms with E-state index < -0.39 is 5.54 Å². The molecule has 0 saturated heterocycles. The molecule has 3 N–H and O–H groups in total. The summed E-state index contributed by atoms with van der Waals surface area (Å²) in [5.74, 6) is 0.811. The summed E-state index contributed by atoms with van der Waals surface area (Å²) < 4.78 is 1.04. The highest BCUT2D eigenvalue weighted by atomic mass is 79.9. The van der Waals surface area contributed by atoms with E-state index in [2.05, 4.69) is 25.9 Å². The first kappa shape index (κ1) is 9.68. The van der Waals surface area contributed by atoms with Crippen molar-refractivity contribution in [2.24, 2.45) is 5.73 Å². The van der Waals surface area contributed by atoms with Crippen LogP contribution in [0.3, 0.4) is 0 Å². The van der Waals surface area contributed by atoms with Crippen LogP contribution in [0.4, 0.5) is 0 Å². The van der Waals surface area contributed by atoms with Crippen LogP contribution in [0.2, 0.25) is 0 Å². The first-order valence-electron chi connectivity index (χ1n) is 4.41. The fraction of sp³-hybridized carbons (Fsp3) is 0.300. The molecule has 1 heterocycles. The number of aromatic nitrogens is 2. The van der Waals surface area contributed by atoms with E-state index in [0.29, 0.717) is 0 Å². The minimum Gasteiger partial charge on any atom is -0.340 e. The number of rotatable bonds is 1. The number of nitrogens with zero attached hydrogens (tertiary/aromatic N) is 1. The third-order valence-corrected chi connectivity index (χ3v) is 2.55. The summed E-state index contributed by atoms with van der Waals surface area (Å²) in [4.78, 5) is 7.63.